The molecule has 2 unspecified atom stereocenters. The maximum absolute atomic E-state index is 10.8. The number of methoxy groups -OCH3 is 2. The molecule has 0 bridgehead atoms. The zero-order valence-electron chi connectivity index (χ0n) is 11.7. The van der Waals surface area contributed by atoms with Gasteiger partial charge in [-0.05, 0) is 36.5 Å². The monoisotopic (exact) mass is 268 g/mol. The number of ether oxygens (including phenoxy) is 2. The molecule has 0 aliphatic carbocycles. The summed E-state index contributed by atoms with van der Waals surface area (Å²) >= 11 is 0. The lowest BCUT2D eigenvalue weighted by Gasteiger charge is -2.26. The predicted octanol–water partition coefficient (Wildman–Crippen LogP) is 1.67. The molecular formula is C14H22NO4. The second-order valence-corrected chi connectivity index (χ2v) is 4.67. The standard InChI is InChI=1S/C14H22NO4/c1-4-10(8-14(15,17)9-16)11-5-6-12(18-2)13(7-11)19-3/h5-7,10,17H,4,8-9,15H2,1-3H3. The van der Waals surface area contributed by atoms with Gasteiger partial charge in [0.05, 0.1) is 14.2 Å². The van der Waals surface area contributed by atoms with Crippen LogP contribution in [0.5, 0.6) is 11.5 Å². The fourth-order valence-electron chi connectivity index (χ4n) is 2.09. The van der Waals surface area contributed by atoms with Crippen molar-refractivity contribution in [2.75, 3.05) is 20.8 Å². The van der Waals surface area contributed by atoms with E-state index in [0.717, 1.165) is 12.0 Å². The van der Waals surface area contributed by atoms with Crippen molar-refractivity contribution >= 4 is 0 Å². The van der Waals surface area contributed by atoms with Gasteiger partial charge >= 0.3 is 0 Å². The third kappa shape index (κ3) is 4.09. The minimum absolute atomic E-state index is 0.00348. The van der Waals surface area contributed by atoms with Crippen LogP contribution in [0.1, 0.15) is 31.2 Å². The molecule has 0 saturated heterocycles. The summed E-state index contributed by atoms with van der Waals surface area (Å²) in [5.74, 6) is 1.28. The molecule has 0 spiro atoms. The van der Waals surface area contributed by atoms with Gasteiger partial charge < -0.3 is 20.3 Å². The van der Waals surface area contributed by atoms with Gasteiger partial charge in [-0.15, -0.1) is 0 Å². The van der Waals surface area contributed by atoms with Crippen molar-refractivity contribution in [2.45, 2.75) is 31.4 Å². The van der Waals surface area contributed by atoms with Crippen molar-refractivity contribution in [1.29, 1.82) is 0 Å². The van der Waals surface area contributed by atoms with Crippen LogP contribution in [-0.2, 0) is 5.11 Å². The Morgan fingerprint density at radius 1 is 1.32 bits per heavy atom. The molecule has 0 aliphatic rings. The van der Waals surface area contributed by atoms with E-state index in [2.05, 4.69) is 0 Å². The molecule has 0 aromatic heterocycles. The third-order valence-corrected chi connectivity index (χ3v) is 3.22. The molecule has 2 atom stereocenters. The van der Waals surface area contributed by atoms with E-state index in [1.165, 1.54) is 0 Å². The summed E-state index contributed by atoms with van der Waals surface area (Å²) in [5, 5.41) is 20.6. The number of benzene rings is 1. The van der Waals surface area contributed by atoms with Crippen LogP contribution in [-0.4, -0.2) is 31.7 Å². The van der Waals surface area contributed by atoms with Gasteiger partial charge in [0.2, 0.25) is 0 Å². The highest BCUT2D eigenvalue weighted by molar-refractivity contribution is 5.44. The molecule has 1 radical (unpaired) electrons. The normalized spacial score (nSPS) is 15.7. The average molecular weight is 268 g/mol. The zero-order chi connectivity index (χ0) is 14.5. The van der Waals surface area contributed by atoms with Crippen LogP contribution >= 0.6 is 0 Å². The third-order valence-electron chi connectivity index (χ3n) is 3.22. The Hall–Kier alpha value is -1.30. The number of hydrogen-bond acceptors (Lipinski definition) is 4. The number of aliphatic hydroxyl groups is 1. The van der Waals surface area contributed by atoms with Crippen LogP contribution in [0, 0.1) is 0 Å². The van der Waals surface area contributed by atoms with Crippen LogP contribution in [0.15, 0.2) is 18.2 Å². The first kappa shape index (κ1) is 15.8. The molecule has 1 aromatic carbocycles. The Balaban J connectivity index is 2.99. The SMILES string of the molecule is CCC(CC(N)(O)C[O])c1ccc(OC)c(OC)c1. The van der Waals surface area contributed by atoms with Crippen LogP contribution < -0.4 is 15.2 Å². The van der Waals surface area contributed by atoms with Gasteiger partial charge in [-0.2, -0.15) is 0 Å². The van der Waals surface area contributed by atoms with E-state index in [1.54, 1.807) is 14.2 Å². The van der Waals surface area contributed by atoms with Gasteiger partial charge in [0, 0.05) is 0 Å². The number of rotatable bonds is 7. The van der Waals surface area contributed by atoms with E-state index in [1.807, 2.05) is 25.1 Å². The summed E-state index contributed by atoms with van der Waals surface area (Å²) < 4.78 is 10.4. The maximum atomic E-state index is 10.8. The first-order chi connectivity index (χ1) is 8.97. The van der Waals surface area contributed by atoms with Gasteiger partial charge in [-0.25, -0.2) is 5.11 Å². The highest BCUT2D eigenvalue weighted by Crippen LogP contribution is 2.34. The second-order valence-electron chi connectivity index (χ2n) is 4.67. The van der Waals surface area contributed by atoms with Gasteiger partial charge in [0.25, 0.3) is 0 Å². The lowest BCUT2D eigenvalue weighted by Crippen LogP contribution is -2.44. The largest absolute Gasteiger partial charge is 0.493 e. The lowest BCUT2D eigenvalue weighted by molar-refractivity contribution is -0.0456. The summed E-state index contributed by atoms with van der Waals surface area (Å²) in [7, 11) is 3.14. The van der Waals surface area contributed by atoms with Crippen LogP contribution in [0.25, 0.3) is 0 Å². The molecule has 1 rings (SSSR count). The summed E-state index contributed by atoms with van der Waals surface area (Å²) in [5.41, 5.74) is 4.84. The first-order valence-electron chi connectivity index (χ1n) is 6.28. The Labute approximate surface area is 114 Å². The molecule has 107 valence electrons. The Morgan fingerprint density at radius 3 is 2.42 bits per heavy atom. The lowest BCUT2D eigenvalue weighted by atomic mass is 9.88. The fraction of sp³-hybridized carbons (Fsp3) is 0.571. The molecule has 3 N–H and O–H groups in total. The highest BCUT2D eigenvalue weighted by Gasteiger charge is 2.26. The summed E-state index contributed by atoms with van der Waals surface area (Å²) in [4.78, 5) is 0. The molecule has 0 amide bonds. The minimum atomic E-state index is -1.67. The van der Waals surface area contributed by atoms with E-state index in [0.29, 0.717) is 11.5 Å². The smallest absolute Gasteiger partial charge is 0.160 e. The van der Waals surface area contributed by atoms with E-state index >= 15 is 0 Å². The van der Waals surface area contributed by atoms with Crippen LogP contribution in [0.4, 0.5) is 0 Å². The second kappa shape index (κ2) is 6.75. The Kier molecular flexibility index (Phi) is 5.60. The molecule has 0 heterocycles. The summed E-state index contributed by atoms with van der Waals surface area (Å²) in [6.07, 6.45) is 0.997. The molecule has 0 fully saturated rings. The zero-order valence-corrected chi connectivity index (χ0v) is 11.7. The average Bonchev–Trinajstić information content (AvgIpc) is 2.44. The first-order valence-corrected chi connectivity index (χ1v) is 6.28. The predicted molar refractivity (Wildman–Crippen MR) is 71.9 cm³/mol. The quantitative estimate of drug-likeness (QED) is 0.737. The Morgan fingerprint density at radius 2 is 1.95 bits per heavy atom. The molecule has 19 heavy (non-hydrogen) atoms. The van der Waals surface area contributed by atoms with Gasteiger partial charge in [-0.1, -0.05) is 13.0 Å². The molecular weight excluding hydrogens is 246 g/mol. The summed E-state index contributed by atoms with van der Waals surface area (Å²) in [6, 6.07) is 5.56. The van der Waals surface area contributed by atoms with Crippen molar-refractivity contribution in [1.82, 2.24) is 0 Å². The van der Waals surface area contributed by atoms with Crippen molar-refractivity contribution in [2.24, 2.45) is 5.73 Å². The summed E-state index contributed by atoms with van der Waals surface area (Å²) in [6.45, 7) is 1.28. The van der Waals surface area contributed by atoms with E-state index in [9.17, 15) is 10.2 Å². The van der Waals surface area contributed by atoms with E-state index in [-0.39, 0.29) is 12.3 Å². The van der Waals surface area contributed by atoms with Crippen molar-refractivity contribution in [3.05, 3.63) is 23.8 Å². The van der Waals surface area contributed by atoms with Gasteiger partial charge in [0.1, 0.15) is 12.3 Å². The minimum Gasteiger partial charge on any atom is -0.493 e. The van der Waals surface area contributed by atoms with Crippen molar-refractivity contribution in [3.8, 4) is 11.5 Å². The molecule has 1 aromatic rings. The van der Waals surface area contributed by atoms with E-state index in [4.69, 9.17) is 15.2 Å². The number of nitrogens with two attached hydrogens (primary N) is 1. The van der Waals surface area contributed by atoms with Gasteiger partial charge in [-0.3, -0.25) is 0 Å². The van der Waals surface area contributed by atoms with Crippen LogP contribution in [0.3, 0.4) is 0 Å². The molecule has 5 nitrogen and oxygen atoms in total. The molecule has 5 heteroatoms. The Bertz CT molecular complexity index is 406. The van der Waals surface area contributed by atoms with Crippen molar-refractivity contribution in [3.63, 3.8) is 0 Å². The number of hydrogen-bond donors (Lipinski definition) is 2. The maximum Gasteiger partial charge on any atom is 0.160 e. The molecule has 0 saturated carbocycles. The highest BCUT2D eigenvalue weighted by atomic mass is 16.5. The van der Waals surface area contributed by atoms with Gasteiger partial charge in [0.15, 0.2) is 11.5 Å². The van der Waals surface area contributed by atoms with E-state index < -0.39 is 12.3 Å². The topological polar surface area (TPSA) is 84.6 Å². The van der Waals surface area contributed by atoms with Crippen molar-refractivity contribution < 1.29 is 19.7 Å². The van der Waals surface area contributed by atoms with Crippen LogP contribution in [0.2, 0.25) is 0 Å². The fourth-order valence-corrected chi connectivity index (χ4v) is 2.09. The molecule has 0 aliphatic heterocycles.